The van der Waals surface area contributed by atoms with Gasteiger partial charge in [0.15, 0.2) is 0 Å². The van der Waals surface area contributed by atoms with Gasteiger partial charge in [-0.2, -0.15) is 0 Å². The van der Waals surface area contributed by atoms with Gasteiger partial charge in [0, 0.05) is 47.5 Å². The minimum Gasteiger partial charge on any atom is -0.438 e. The lowest BCUT2D eigenvalue weighted by Gasteiger charge is -2.19. The average Bonchev–Trinajstić information content (AvgIpc) is 3.86. The SMILES string of the molecule is N=C1Oc2ccccc2/C1=C(/Nn1c2ccccc2c2c3ccccc3c3sc4ccccc4c3c21)c1ccc(-c2ccc3ccccc3c2)cc1. The normalized spacial score (nSPS) is 13.8. The van der Waals surface area contributed by atoms with Crippen LogP contribution in [0.25, 0.3) is 85.9 Å². The van der Waals surface area contributed by atoms with Crippen molar-refractivity contribution < 1.29 is 4.74 Å². The Morgan fingerprint density at radius 3 is 2.12 bits per heavy atom. The highest BCUT2D eigenvalue weighted by Crippen LogP contribution is 2.47. The molecule has 11 rings (SSSR count). The predicted octanol–water partition coefficient (Wildman–Crippen LogP) is 12.6. The van der Waals surface area contributed by atoms with E-state index in [1.165, 1.54) is 52.5 Å². The second-order valence-electron chi connectivity index (χ2n) is 13.4. The van der Waals surface area contributed by atoms with Crippen molar-refractivity contribution in [1.29, 1.82) is 5.41 Å². The Morgan fingerprint density at radius 1 is 0.577 bits per heavy atom. The second kappa shape index (κ2) is 11.2. The van der Waals surface area contributed by atoms with Crippen LogP contribution in [0.1, 0.15) is 11.1 Å². The first kappa shape index (κ1) is 29.1. The molecule has 2 aromatic heterocycles. The molecule has 0 spiro atoms. The van der Waals surface area contributed by atoms with E-state index in [9.17, 15) is 5.41 Å². The Morgan fingerprint density at radius 2 is 1.25 bits per heavy atom. The van der Waals surface area contributed by atoms with Gasteiger partial charge in [-0.25, -0.2) is 0 Å². The number of nitrogens with one attached hydrogen (secondary N) is 2. The molecule has 0 aliphatic carbocycles. The van der Waals surface area contributed by atoms with Gasteiger partial charge in [-0.1, -0.05) is 140 Å². The minimum absolute atomic E-state index is 0.125. The third kappa shape index (κ3) is 4.23. The molecule has 0 saturated heterocycles. The summed E-state index contributed by atoms with van der Waals surface area (Å²) in [6, 6.07) is 57.8. The van der Waals surface area contributed by atoms with E-state index in [0.717, 1.165) is 44.6 Å². The van der Waals surface area contributed by atoms with Crippen molar-refractivity contribution in [3.8, 4) is 16.9 Å². The van der Waals surface area contributed by atoms with Gasteiger partial charge in [0.1, 0.15) is 5.75 Å². The first-order valence-corrected chi connectivity index (χ1v) is 18.2. The first-order valence-electron chi connectivity index (χ1n) is 17.4. The van der Waals surface area contributed by atoms with Crippen LogP contribution in [-0.4, -0.2) is 10.6 Å². The van der Waals surface area contributed by atoms with Crippen LogP contribution in [0.2, 0.25) is 0 Å². The lowest BCUT2D eigenvalue weighted by molar-refractivity contribution is 0.566. The van der Waals surface area contributed by atoms with Crippen LogP contribution < -0.4 is 10.2 Å². The monoisotopic (exact) mass is 683 g/mol. The van der Waals surface area contributed by atoms with Crippen molar-refractivity contribution in [2.75, 3.05) is 5.43 Å². The van der Waals surface area contributed by atoms with Gasteiger partial charge < -0.3 is 4.74 Å². The number of aromatic nitrogens is 1. The number of hydrogen-bond donors (Lipinski definition) is 2. The van der Waals surface area contributed by atoms with Gasteiger partial charge >= 0.3 is 0 Å². The van der Waals surface area contributed by atoms with Gasteiger partial charge in [-0.3, -0.25) is 15.5 Å². The smallest absolute Gasteiger partial charge is 0.222 e. The molecule has 0 amide bonds. The molecule has 0 atom stereocenters. The summed E-state index contributed by atoms with van der Waals surface area (Å²) in [6.07, 6.45) is 0. The number of rotatable bonds is 4. The van der Waals surface area contributed by atoms with Gasteiger partial charge in [0.25, 0.3) is 0 Å². The zero-order valence-electron chi connectivity index (χ0n) is 27.9. The van der Waals surface area contributed by atoms with E-state index in [1.54, 1.807) is 0 Å². The summed E-state index contributed by atoms with van der Waals surface area (Å²) >= 11 is 1.85. The van der Waals surface area contributed by atoms with E-state index in [0.29, 0.717) is 5.75 Å². The molecule has 244 valence electrons. The third-order valence-electron chi connectivity index (χ3n) is 10.5. The second-order valence-corrected chi connectivity index (χ2v) is 14.4. The van der Waals surface area contributed by atoms with Crippen LogP contribution >= 0.6 is 11.3 Å². The quantitative estimate of drug-likeness (QED) is 0.194. The first-order chi connectivity index (χ1) is 25.7. The lowest BCUT2D eigenvalue weighted by Crippen LogP contribution is -2.17. The highest BCUT2D eigenvalue weighted by molar-refractivity contribution is 7.27. The third-order valence-corrected chi connectivity index (χ3v) is 11.7. The van der Waals surface area contributed by atoms with E-state index < -0.39 is 0 Å². The van der Waals surface area contributed by atoms with E-state index in [2.05, 4.69) is 150 Å². The van der Waals surface area contributed by atoms with Gasteiger partial charge in [-0.05, 0) is 51.6 Å². The molecule has 0 fully saturated rings. The predicted molar refractivity (Wildman–Crippen MR) is 220 cm³/mol. The lowest BCUT2D eigenvalue weighted by atomic mass is 9.97. The molecule has 0 radical (unpaired) electrons. The molecular formula is C47H29N3OS. The maximum absolute atomic E-state index is 9.17. The molecule has 10 aromatic rings. The Kier molecular flexibility index (Phi) is 6.24. The summed E-state index contributed by atoms with van der Waals surface area (Å²) in [4.78, 5) is 0. The maximum atomic E-state index is 9.17. The topological polar surface area (TPSA) is 50.0 Å². The number of ether oxygens (including phenoxy) is 1. The fourth-order valence-electron chi connectivity index (χ4n) is 8.10. The number of hydrogen-bond acceptors (Lipinski definition) is 4. The van der Waals surface area contributed by atoms with Gasteiger partial charge in [-0.15, -0.1) is 11.3 Å². The Labute approximate surface area is 302 Å². The van der Waals surface area contributed by atoms with Crippen molar-refractivity contribution >= 4 is 92.0 Å². The van der Waals surface area contributed by atoms with Crippen molar-refractivity contribution in [3.05, 3.63) is 175 Å². The Hall–Kier alpha value is -6.69. The summed E-state index contributed by atoms with van der Waals surface area (Å²) in [5, 5.41) is 19.0. The fourth-order valence-corrected chi connectivity index (χ4v) is 9.35. The largest absolute Gasteiger partial charge is 0.438 e. The summed E-state index contributed by atoms with van der Waals surface area (Å²) in [7, 11) is 0. The number of nitrogens with zero attached hydrogens (tertiary/aromatic N) is 1. The van der Waals surface area contributed by atoms with Crippen LogP contribution in [0.5, 0.6) is 5.75 Å². The van der Waals surface area contributed by atoms with Crippen LogP contribution in [-0.2, 0) is 0 Å². The van der Waals surface area contributed by atoms with Crippen LogP contribution in [0.15, 0.2) is 164 Å². The summed E-state index contributed by atoms with van der Waals surface area (Å²) in [6.45, 7) is 0. The zero-order chi connectivity index (χ0) is 34.3. The molecule has 0 bridgehead atoms. The maximum Gasteiger partial charge on any atom is 0.222 e. The molecule has 0 saturated carbocycles. The molecule has 8 aromatic carbocycles. The molecule has 2 N–H and O–H groups in total. The van der Waals surface area contributed by atoms with Crippen molar-refractivity contribution in [1.82, 2.24) is 4.68 Å². The number of benzene rings is 8. The Balaban J connectivity index is 1.19. The van der Waals surface area contributed by atoms with Crippen molar-refractivity contribution in [2.24, 2.45) is 0 Å². The fraction of sp³-hybridized carbons (Fsp3) is 0. The number of para-hydroxylation sites is 2. The van der Waals surface area contributed by atoms with Crippen LogP contribution in [0, 0.1) is 5.41 Å². The van der Waals surface area contributed by atoms with Crippen molar-refractivity contribution in [3.63, 3.8) is 0 Å². The zero-order valence-corrected chi connectivity index (χ0v) is 28.7. The summed E-state index contributed by atoms with van der Waals surface area (Å²) in [5.74, 6) is 0.814. The van der Waals surface area contributed by atoms with E-state index in [1.807, 2.05) is 35.6 Å². The molecule has 1 aliphatic heterocycles. The Bertz CT molecular complexity index is 3150. The van der Waals surface area contributed by atoms with E-state index in [4.69, 9.17) is 4.74 Å². The highest BCUT2D eigenvalue weighted by Gasteiger charge is 2.29. The molecule has 4 nitrogen and oxygen atoms in total. The average molecular weight is 684 g/mol. The van der Waals surface area contributed by atoms with E-state index in [-0.39, 0.29) is 5.90 Å². The number of fused-ring (bicyclic) bond motifs is 12. The van der Waals surface area contributed by atoms with E-state index >= 15 is 0 Å². The molecule has 3 heterocycles. The molecular weight excluding hydrogens is 655 g/mol. The molecule has 0 unspecified atom stereocenters. The standard InChI is InChI=1S/C47H29N3OS/c48-47-42(36-16-6-9-19-39(36)51-47)44(30-24-21-29(22-25-30)32-26-23-28-11-1-2-12-31(28)27-32)49-50-38-18-8-5-15-35(38)41-33-13-3-4-14-34(33)46-43(45(41)50)37-17-7-10-20-40(37)52-46/h1-27,48-49H/b44-42-,48-47?. The van der Waals surface area contributed by atoms with Gasteiger partial charge in [0.05, 0.1) is 22.3 Å². The van der Waals surface area contributed by atoms with Crippen LogP contribution in [0.3, 0.4) is 0 Å². The molecule has 5 heteroatoms. The van der Waals surface area contributed by atoms with Crippen molar-refractivity contribution in [2.45, 2.75) is 0 Å². The van der Waals surface area contributed by atoms with Gasteiger partial charge in [0.2, 0.25) is 5.90 Å². The summed E-state index contributed by atoms with van der Waals surface area (Å²) in [5.41, 5.74) is 11.8. The highest BCUT2D eigenvalue weighted by atomic mass is 32.1. The minimum atomic E-state index is 0.125. The van der Waals surface area contributed by atoms with Crippen LogP contribution in [0.4, 0.5) is 0 Å². The molecule has 1 aliphatic rings. The molecule has 52 heavy (non-hydrogen) atoms. The number of thiophene rings is 1. The summed E-state index contributed by atoms with van der Waals surface area (Å²) < 4.78 is 10.9.